The van der Waals surface area contributed by atoms with Crippen molar-refractivity contribution in [3.05, 3.63) is 12.2 Å². The van der Waals surface area contributed by atoms with Gasteiger partial charge in [0, 0.05) is 11.5 Å². The highest BCUT2D eigenvalue weighted by Crippen LogP contribution is 2.46. The normalized spacial score (nSPS) is 47.5. The minimum atomic E-state index is -1.12. The Kier molecular flexibility index (Phi) is 1.94. The van der Waals surface area contributed by atoms with Gasteiger partial charge in [-0.2, -0.15) is 0 Å². The molecule has 2 rings (SSSR count). The summed E-state index contributed by atoms with van der Waals surface area (Å²) in [6.45, 7) is 5.38. The van der Waals surface area contributed by atoms with Gasteiger partial charge in [0.25, 0.3) is 0 Å². The van der Waals surface area contributed by atoms with E-state index < -0.39 is 23.6 Å². The Labute approximate surface area is 82.2 Å². The van der Waals surface area contributed by atoms with Crippen LogP contribution < -0.4 is 0 Å². The van der Waals surface area contributed by atoms with Gasteiger partial charge in [0.2, 0.25) is 0 Å². The van der Waals surface area contributed by atoms with E-state index in [1.165, 1.54) is 0 Å². The number of hydrogen-bond acceptors (Lipinski definition) is 4. The van der Waals surface area contributed by atoms with E-state index in [1.807, 2.05) is 6.92 Å². The first-order valence-electron chi connectivity index (χ1n) is 4.73. The Morgan fingerprint density at radius 2 is 2.29 bits per heavy atom. The predicted molar refractivity (Wildman–Crippen MR) is 48.3 cm³/mol. The number of hydrogen-bond donors (Lipinski definition) is 2. The maximum Gasteiger partial charge on any atom is 0.334 e. The third-order valence-corrected chi connectivity index (χ3v) is 3.44. The molecule has 4 nitrogen and oxygen atoms in total. The average Bonchev–Trinajstić information content (AvgIpc) is 2.33. The van der Waals surface area contributed by atoms with Gasteiger partial charge in [0.05, 0.1) is 6.10 Å². The number of esters is 1. The van der Waals surface area contributed by atoms with Crippen molar-refractivity contribution in [3.8, 4) is 0 Å². The molecule has 1 saturated carbocycles. The van der Waals surface area contributed by atoms with Gasteiger partial charge in [-0.1, -0.05) is 13.5 Å². The van der Waals surface area contributed by atoms with Crippen LogP contribution in [0.25, 0.3) is 0 Å². The molecule has 0 radical (unpaired) electrons. The van der Waals surface area contributed by atoms with Crippen molar-refractivity contribution in [2.75, 3.05) is 6.61 Å². The van der Waals surface area contributed by atoms with Crippen molar-refractivity contribution in [3.63, 3.8) is 0 Å². The highest BCUT2D eigenvalue weighted by Gasteiger charge is 2.57. The van der Waals surface area contributed by atoms with Crippen LogP contribution in [0, 0.1) is 11.8 Å². The smallest absolute Gasteiger partial charge is 0.334 e. The van der Waals surface area contributed by atoms with E-state index in [9.17, 15) is 15.0 Å². The van der Waals surface area contributed by atoms with Crippen LogP contribution >= 0.6 is 0 Å². The summed E-state index contributed by atoms with van der Waals surface area (Å²) >= 11 is 0. The van der Waals surface area contributed by atoms with E-state index in [2.05, 4.69) is 6.58 Å². The van der Waals surface area contributed by atoms with Crippen LogP contribution in [0.2, 0.25) is 0 Å². The van der Waals surface area contributed by atoms with Crippen LogP contribution in [-0.2, 0) is 9.53 Å². The summed E-state index contributed by atoms with van der Waals surface area (Å²) in [5.74, 6) is -1.14. The molecule has 1 saturated heterocycles. The summed E-state index contributed by atoms with van der Waals surface area (Å²) in [5, 5.41) is 20.0. The molecule has 0 spiro atoms. The molecule has 1 heterocycles. The van der Waals surface area contributed by atoms with Crippen molar-refractivity contribution >= 4 is 5.97 Å². The van der Waals surface area contributed by atoms with Gasteiger partial charge in [-0.3, -0.25) is 0 Å². The molecule has 0 aromatic carbocycles. The molecule has 14 heavy (non-hydrogen) atoms. The second-order valence-corrected chi connectivity index (χ2v) is 4.27. The SMILES string of the molecule is C=C1C(=O)OC[C@@]2(O)[C@H](C)C[C@@H](O)[C@@H]12. The van der Waals surface area contributed by atoms with Gasteiger partial charge in [-0.15, -0.1) is 0 Å². The van der Waals surface area contributed by atoms with Crippen molar-refractivity contribution in [1.29, 1.82) is 0 Å². The lowest BCUT2D eigenvalue weighted by Gasteiger charge is -2.38. The molecule has 1 aliphatic heterocycles. The highest BCUT2D eigenvalue weighted by molar-refractivity contribution is 5.89. The zero-order valence-corrected chi connectivity index (χ0v) is 8.06. The average molecular weight is 198 g/mol. The Hall–Kier alpha value is -0.870. The Morgan fingerprint density at radius 1 is 1.64 bits per heavy atom. The van der Waals surface area contributed by atoms with E-state index in [-0.39, 0.29) is 18.1 Å². The Morgan fingerprint density at radius 3 is 2.93 bits per heavy atom. The van der Waals surface area contributed by atoms with Gasteiger partial charge in [0.15, 0.2) is 0 Å². The largest absolute Gasteiger partial charge is 0.459 e. The summed E-state index contributed by atoms with van der Waals surface area (Å²) in [5.41, 5.74) is -0.930. The van der Waals surface area contributed by atoms with Crippen LogP contribution in [0.5, 0.6) is 0 Å². The molecule has 0 bridgehead atoms. The minimum Gasteiger partial charge on any atom is -0.459 e. The molecule has 0 amide bonds. The third-order valence-electron chi connectivity index (χ3n) is 3.44. The summed E-state index contributed by atoms with van der Waals surface area (Å²) < 4.78 is 4.83. The molecule has 2 aliphatic rings. The number of aliphatic hydroxyl groups excluding tert-OH is 1. The molecule has 0 aromatic rings. The molecule has 2 N–H and O–H groups in total. The fourth-order valence-corrected chi connectivity index (χ4v) is 2.51. The number of carbonyl (C=O) groups is 1. The van der Waals surface area contributed by atoms with E-state index in [4.69, 9.17) is 4.74 Å². The molecule has 1 aliphatic carbocycles. The highest BCUT2D eigenvalue weighted by atomic mass is 16.5. The van der Waals surface area contributed by atoms with Crippen LogP contribution in [-0.4, -0.2) is 34.5 Å². The van der Waals surface area contributed by atoms with Gasteiger partial charge >= 0.3 is 5.97 Å². The van der Waals surface area contributed by atoms with E-state index in [1.54, 1.807) is 0 Å². The third kappa shape index (κ3) is 1.04. The number of rotatable bonds is 0. The number of cyclic esters (lactones) is 1. The minimum absolute atomic E-state index is 0.0340. The lowest BCUT2D eigenvalue weighted by Crippen LogP contribution is -2.51. The van der Waals surface area contributed by atoms with Gasteiger partial charge < -0.3 is 14.9 Å². The zero-order chi connectivity index (χ0) is 10.5. The van der Waals surface area contributed by atoms with Crippen molar-refractivity contribution in [2.24, 2.45) is 11.8 Å². The van der Waals surface area contributed by atoms with Crippen LogP contribution in [0.3, 0.4) is 0 Å². The first-order chi connectivity index (χ1) is 6.47. The maximum atomic E-state index is 11.2. The van der Waals surface area contributed by atoms with Crippen molar-refractivity contribution in [1.82, 2.24) is 0 Å². The number of carbonyl (C=O) groups excluding carboxylic acids is 1. The topological polar surface area (TPSA) is 66.8 Å². The van der Waals surface area contributed by atoms with Crippen molar-refractivity contribution < 1.29 is 19.7 Å². The molecular weight excluding hydrogens is 184 g/mol. The van der Waals surface area contributed by atoms with Crippen molar-refractivity contribution in [2.45, 2.75) is 25.0 Å². The van der Waals surface area contributed by atoms with Gasteiger partial charge in [-0.25, -0.2) is 4.79 Å². The summed E-state index contributed by atoms with van der Waals surface area (Å²) in [4.78, 5) is 11.2. The lowest BCUT2D eigenvalue weighted by molar-refractivity contribution is -0.165. The summed E-state index contributed by atoms with van der Waals surface area (Å²) in [7, 11) is 0. The second-order valence-electron chi connectivity index (χ2n) is 4.27. The standard InChI is InChI=1S/C10H14O4/c1-5-3-7(11)8-6(2)9(12)14-4-10(5,8)13/h5,7-8,11,13H,2-4H2,1H3/t5-,7-,8-,10-/m1/s1. The fraction of sp³-hybridized carbons (Fsp3) is 0.700. The Bertz CT molecular complexity index is 298. The Balaban J connectivity index is 2.37. The molecular formula is C10H14O4. The number of fused-ring (bicyclic) bond motifs is 1. The number of aliphatic hydroxyl groups is 2. The quantitative estimate of drug-likeness (QED) is 0.419. The molecule has 2 fully saturated rings. The fourth-order valence-electron chi connectivity index (χ4n) is 2.51. The summed E-state index contributed by atoms with van der Waals surface area (Å²) in [6, 6.07) is 0. The first-order valence-corrected chi connectivity index (χ1v) is 4.73. The van der Waals surface area contributed by atoms with E-state index in [0.717, 1.165) is 0 Å². The summed E-state index contributed by atoms with van der Waals surface area (Å²) in [6.07, 6.45) is -0.202. The molecule has 0 aromatic heterocycles. The zero-order valence-electron chi connectivity index (χ0n) is 8.06. The maximum absolute atomic E-state index is 11.2. The lowest BCUT2D eigenvalue weighted by atomic mass is 9.79. The van der Waals surface area contributed by atoms with Gasteiger partial charge in [-0.05, 0) is 12.3 Å². The van der Waals surface area contributed by atoms with E-state index >= 15 is 0 Å². The molecule has 78 valence electrons. The van der Waals surface area contributed by atoms with Gasteiger partial charge in [0.1, 0.15) is 12.2 Å². The molecule has 4 heteroatoms. The van der Waals surface area contributed by atoms with Crippen LogP contribution in [0.1, 0.15) is 13.3 Å². The van der Waals surface area contributed by atoms with Crippen LogP contribution in [0.4, 0.5) is 0 Å². The first kappa shape index (κ1) is 9.68. The van der Waals surface area contributed by atoms with E-state index in [0.29, 0.717) is 6.42 Å². The monoisotopic (exact) mass is 198 g/mol. The molecule has 4 atom stereocenters. The second kappa shape index (κ2) is 2.81. The molecule has 0 unspecified atom stereocenters. The number of ether oxygens (including phenoxy) is 1. The predicted octanol–water partition coefficient (Wildman–Crippen LogP) is -0.153. The van der Waals surface area contributed by atoms with Crippen LogP contribution in [0.15, 0.2) is 12.2 Å².